The second kappa shape index (κ2) is 5.30. The number of methoxy groups -OCH3 is 1. The monoisotopic (exact) mass is 289 g/mol. The van der Waals surface area contributed by atoms with Crippen LogP contribution in [0.2, 0.25) is 0 Å². The Hall–Kier alpha value is -1.62. The summed E-state index contributed by atoms with van der Waals surface area (Å²) in [5.41, 5.74) is 0.932. The fourth-order valence-corrected chi connectivity index (χ4v) is 3.47. The third-order valence-corrected chi connectivity index (χ3v) is 4.77. The van der Waals surface area contributed by atoms with Crippen LogP contribution in [-0.4, -0.2) is 60.0 Å². The zero-order valence-corrected chi connectivity index (χ0v) is 13.0. The molecule has 1 aromatic heterocycles. The van der Waals surface area contributed by atoms with E-state index in [9.17, 15) is 4.79 Å². The maximum absolute atomic E-state index is 12.6. The minimum Gasteiger partial charge on any atom is -0.494 e. The lowest BCUT2D eigenvalue weighted by Crippen LogP contribution is -2.59. The van der Waals surface area contributed by atoms with Crippen LogP contribution in [0.3, 0.4) is 0 Å². The molecule has 2 aliphatic heterocycles. The number of likely N-dealkylation sites (tertiary alicyclic amines) is 2. The number of ether oxygens (including phenoxy) is 1. The van der Waals surface area contributed by atoms with E-state index >= 15 is 0 Å². The molecule has 1 spiro atoms. The van der Waals surface area contributed by atoms with E-state index in [1.54, 1.807) is 25.6 Å². The van der Waals surface area contributed by atoms with E-state index in [-0.39, 0.29) is 5.91 Å². The summed E-state index contributed by atoms with van der Waals surface area (Å²) < 4.78 is 5.23. The predicted molar refractivity (Wildman–Crippen MR) is 80.5 cm³/mol. The lowest BCUT2D eigenvalue weighted by molar-refractivity contribution is 0.00911. The van der Waals surface area contributed by atoms with Gasteiger partial charge in [0, 0.05) is 37.3 Å². The molecule has 5 heteroatoms. The van der Waals surface area contributed by atoms with Gasteiger partial charge in [0.2, 0.25) is 0 Å². The molecule has 114 valence electrons. The summed E-state index contributed by atoms with van der Waals surface area (Å²) >= 11 is 0. The molecule has 0 saturated carbocycles. The SMILES string of the molecule is COc1cnccc1C(=O)N1CC2(CCN(C(C)C)C2)C1. The van der Waals surface area contributed by atoms with E-state index < -0.39 is 0 Å². The molecule has 0 atom stereocenters. The van der Waals surface area contributed by atoms with Crippen molar-refractivity contribution in [1.29, 1.82) is 0 Å². The molecule has 0 bridgehead atoms. The van der Waals surface area contributed by atoms with Crippen LogP contribution in [0.15, 0.2) is 18.5 Å². The molecule has 3 rings (SSSR count). The first-order chi connectivity index (χ1) is 10.0. The molecular weight excluding hydrogens is 266 g/mol. The molecule has 2 fully saturated rings. The Kier molecular flexibility index (Phi) is 3.61. The van der Waals surface area contributed by atoms with Crippen molar-refractivity contribution in [3.63, 3.8) is 0 Å². The highest BCUT2D eigenvalue weighted by Gasteiger charge is 2.49. The minimum atomic E-state index is 0.0582. The van der Waals surface area contributed by atoms with Crippen LogP contribution < -0.4 is 4.74 Å². The van der Waals surface area contributed by atoms with Crippen molar-refractivity contribution in [3.8, 4) is 5.75 Å². The van der Waals surface area contributed by atoms with E-state index in [0.29, 0.717) is 22.8 Å². The Balaban J connectivity index is 1.65. The van der Waals surface area contributed by atoms with E-state index in [4.69, 9.17) is 4.74 Å². The van der Waals surface area contributed by atoms with E-state index in [1.807, 2.05) is 4.90 Å². The fraction of sp³-hybridized carbons (Fsp3) is 0.625. The van der Waals surface area contributed by atoms with Crippen LogP contribution in [0.1, 0.15) is 30.6 Å². The number of aromatic nitrogens is 1. The molecule has 0 unspecified atom stereocenters. The summed E-state index contributed by atoms with van der Waals surface area (Å²) in [6, 6.07) is 2.33. The number of carbonyl (C=O) groups is 1. The number of carbonyl (C=O) groups excluding carboxylic acids is 1. The molecule has 2 saturated heterocycles. The van der Waals surface area contributed by atoms with Crippen molar-refractivity contribution in [3.05, 3.63) is 24.0 Å². The average molecular weight is 289 g/mol. The smallest absolute Gasteiger partial charge is 0.257 e. The van der Waals surface area contributed by atoms with Gasteiger partial charge in [0.05, 0.1) is 18.9 Å². The second-order valence-electron chi connectivity index (χ2n) is 6.55. The number of rotatable bonds is 3. The van der Waals surface area contributed by atoms with Gasteiger partial charge in [0.25, 0.3) is 5.91 Å². The van der Waals surface area contributed by atoms with Gasteiger partial charge in [-0.25, -0.2) is 0 Å². The van der Waals surface area contributed by atoms with Crippen LogP contribution in [0.5, 0.6) is 5.75 Å². The van der Waals surface area contributed by atoms with Crippen LogP contribution in [-0.2, 0) is 0 Å². The summed E-state index contributed by atoms with van der Waals surface area (Å²) in [7, 11) is 1.57. The zero-order chi connectivity index (χ0) is 15.0. The molecule has 0 aromatic carbocycles. The standard InChI is InChI=1S/C16H23N3O2/c1-12(2)18-7-5-16(9-18)10-19(11-16)15(20)13-4-6-17-8-14(13)21-3/h4,6,8,12H,5,7,9-11H2,1-3H3. The molecule has 2 aliphatic rings. The maximum Gasteiger partial charge on any atom is 0.257 e. The van der Waals surface area contributed by atoms with Gasteiger partial charge >= 0.3 is 0 Å². The fourth-order valence-electron chi connectivity index (χ4n) is 3.47. The van der Waals surface area contributed by atoms with Crippen molar-refractivity contribution in [2.24, 2.45) is 5.41 Å². The maximum atomic E-state index is 12.6. The lowest BCUT2D eigenvalue weighted by Gasteiger charge is -2.48. The van der Waals surface area contributed by atoms with Gasteiger partial charge in [-0.3, -0.25) is 9.78 Å². The zero-order valence-electron chi connectivity index (χ0n) is 13.0. The van der Waals surface area contributed by atoms with E-state index in [1.165, 1.54) is 6.42 Å². The van der Waals surface area contributed by atoms with Crippen LogP contribution in [0.25, 0.3) is 0 Å². The number of hydrogen-bond acceptors (Lipinski definition) is 4. The average Bonchev–Trinajstić information content (AvgIpc) is 2.90. The minimum absolute atomic E-state index is 0.0582. The Morgan fingerprint density at radius 2 is 2.14 bits per heavy atom. The normalized spacial score (nSPS) is 20.9. The summed E-state index contributed by atoms with van der Waals surface area (Å²) in [6.07, 6.45) is 4.43. The van der Waals surface area contributed by atoms with Gasteiger partial charge < -0.3 is 14.5 Å². The number of hydrogen-bond donors (Lipinski definition) is 0. The molecule has 21 heavy (non-hydrogen) atoms. The Morgan fingerprint density at radius 1 is 1.38 bits per heavy atom. The van der Waals surface area contributed by atoms with E-state index in [2.05, 4.69) is 23.7 Å². The number of amides is 1. The second-order valence-corrected chi connectivity index (χ2v) is 6.55. The molecule has 3 heterocycles. The van der Waals surface area contributed by atoms with Crippen LogP contribution in [0.4, 0.5) is 0 Å². The van der Waals surface area contributed by atoms with Crippen molar-refractivity contribution in [2.75, 3.05) is 33.3 Å². The van der Waals surface area contributed by atoms with Gasteiger partial charge in [-0.2, -0.15) is 0 Å². The van der Waals surface area contributed by atoms with Gasteiger partial charge in [-0.15, -0.1) is 0 Å². The summed E-state index contributed by atoms with van der Waals surface area (Å²) in [5, 5.41) is 0. The number of pyridine rings is 1. The predicted octanol–water partition coefficient (Wildman–Crippen LogP) is 1.65. The first-order valence-electron chi connectivity index (χ1n) is 7.56. The van der Waals surface area contributed by atoms with Crippen LogP contribution in [0, 0.1) is 5.41 Å². The third kappa shape index (κ3) is 2.50. The van der Waals surface area contributed by atoms with Gasteiger partial charge in [0.15, 0.2) is 0 Å². The summed E-state index contributed by atoms with van der Waals surface area (Å²) in [4.78, 5) is 21.0. The molecule has 1 aromatic rings. The Labute approximate surface area is 125 Å². The van der Waals surface area contributed by atoms with Gasteiger partial charge in [-0.1, -0.05) is 0 Å². The molecule has 0 aliphatic carbocycles. The Morgan fingerprint density at radius 3 is 2.76 bits per heavy atom. The quantitative estimate of drug-likeness (QED) is 0.849. The first-order valence-corrected chi connectivity index (χ1v) is 7.56. The molecular formula is C16H23N3O2. The highest BCUT2D eigenvalue weighted by atomic mass is 16.5. The van der Waals surface area contributed by atoms with Crippen molar-refractivity contribution in [2.45, 2.75) is 26.3 Å². The first kappa shape index (κ1) is 14.3. The highest BCUT2D eigenvalue weighted by molar-refractivity contribution is 5.97. The Bertz CT molecular complexity index is 538. The summed E-state index contributed by atoms with van der Waals surface area (Å²) in [6.45, 7) is 8.46. The van der Waals surface area contributed by atoms with Crippen molar-refractivity contribution < 1.29 is 9.53 Å². The summed E-state index contributed by atoms with van der Waals surface area (Å²) in [5.74, 6) is 0.613. The lowest BCUT2D eigenvalue weighted by atomic mass is 9.78. The van der Waals surface area contributed by atoms with Crippen molar-refractivity contribution in [1.82, 2.24) is 14.8 Å². The highest BCUT2D eigenvalue weighted by Crippen LogP contribution is 2.41. The van der Waals surface area contributed by atoms with Crippen molar-refractivity contribution >= 4 is 5.91 Å². The topological polar surface area (TPSA) is 45.7 Å². The number of nitrogens with zero attached hydrogens (tertiary/aromatic N) is 3. The molecule has 5 nitrogen and oxygen atoms in total. The largest absolute Gasteiger partial charge is 0.494 e. The molecule has 0 radical (unpaired) electrons. The molecule has 1 amide bonds. The van der Waals surface area contributed by atoms with Gasteiger partial charge in [-0.05, 0) is 32.9 Å². The van der Waals surface area contributed by atoms with Gasteiger partial charge in [0.1, 0.15) is 5.75 Å². The van der Waals surface area contributed by atoms with E-state index in [0.717, 1.165) is 26.2 Å². The molecule has 0 N–H and O–H groups in total. The van der Waals surface area contributed by atoms with Crippen LogP contribution >= 0.6 is 0 Å². The third-order valence-electron chi connectivity index (χ3n) is 4.77.